The molecule has 0 spiro atoms. The predicted molar refractivity (Wildman–Crippen MR) is 81.0 cm³/mol. The summed E-state index contributed by atoms with van der Waals surface area (Å²) in [6.45, 7) is 2.27. The molecule has 2 rings (SSSR count). The van der Waals surface area contributed by atoms with Gasteiger partial charge in [-0.25, -0.2) is 14.6 Å². The normalized spacial score (nSPS) is 10.1. The third-order valence-corrected chi connectivity index (χ3v) is 3.52. The zero-order valence-corrected chi connectivity index (χ0v) is 12.2. The first-order valence-corrected chi connectivity index (χ1v) is 7.26. The summed E-state index contributed by atoms with van der Waals surface area (Å²) in [6.07, 6.45) is 0.658. The van der Waals surface area contributed by atoms with Crippen LogP contribution in [0.3, 0.4) is 0 Å². The third kappa shape index (κ3) is 4.28. The molecular weight excluding hydrogens is 290 g/mol. The average Bonchev–Trinajstić information content (AvgIpc) is 2.94. The van der Waals surface area contributed by atoms with E-state index in [1.165, 1.54) is 23.5 Å². The fourth-order valence-corrected chi connectivity index (χ4v) is 2.31. The highest BCUT2D eigenvalue weighted by molar-refractivity contribution is 7.07. The molecule has 0 aliphatic heterocycles. The van der Waals surface area contributed by atoms with E-state index in [9.17, 15) is 9.59 Å². The summed E-state index contributed by atoms with van der Waals surface area (Å²) in [5.74, 6) is -1.03. The van der Waals surface area contributed by atoms with Gasteiger partial charge < -0.3 is 15.7 Å². The van der Waals surface area contributed by atoms with Gasteiger partial charge in [-0.1, -0.05) is 6.07 Å². The Morgan fingerprint density at radius 3 is 2.86 bits per heavy atom. The SMILES string of the molecule is Cc1ccc(C(=O)O)cc1NC(=O)NCCc1cscn1. The first kappa shape index (κ1) is 15.0. The molecule has 2 amide bonds. The molecule has 3 N–H and O–H groups in total. The van der Waals surface area contributed by atoms with Crippen molar-refractivity contribution in [2.45, 2.75) is 13.3 Å². The molecule has 1 aromatic heterocycles. The summed E-state index contributed by atoms with van der Waals surface area (Å²) < 4.78 is 0. The van der Waals surface area contributed by atoms with Crippen molar-refractivity contribution in [3.63, 3.8) is 0 Å². The van der Waals surface area contributed by atoms with Gasteiger partial charge in [0.2, 0.25) is 0 Å². The van der Waals surface area contributed by atoms with Crippen molar-refractivity contribution >= 4 is 29.0 Å². The van der Waals surface area contributed by atoms with Crippen molar-refractivity contribution in [1.82, 2.24) is 10.3 Å². The maximum Gasteiger partial charge on any atom is 0.335 e. The predicted octanol–water partition coefficient (Wildman–Crippen LogP) is 2.51. The zero-order valence-electron chi connectivity index (χ0n) is 11.4. The topological polar surface area (TPSA) is 91.3 Å². The highest BCUT2D eigenvalue weighted by Gasteiger charge is 2.08. The molecule has 1 aromatic carbocycles. The zero-order chi connectivity index (χ0) is 15.2. The van der Waals surface area contributed by atoms with E-state index < -0.39 is 5.97 Å². The number of hydrogen-bond acceptors (Lipinski definition) is 4. The van der Waals surface area contributed by atoms with Crippen molar-refractivity contribution in [2.24, 2.45) is 0 Å². The number of carboxylic acids is 1. The molecule has 21 heavy (non-hydrogen) atoms. The largest absolute Gasteiger partial charge is 0.478 e. The molecule has 2 aromatic rings. The summed E-state index contributed by atoms with van der Waals surface area (Å²) >= 11 is 1.51. The van der Waals surface area contributed by atoms with Crippen molar-refractivity contribution in [2.75, 3.05) is 11.9 Å². The first-order valence-electron chi connectivity index (χ1n) is 6.32. The number of anilines is 1. The summed E-state index contributed by atoms with van der Waals surface area (Å²) in [5.41, 5.74) is 4.11. The van der Waals surface area contributed by atoms with Crippen LogP contribution in [0.25, 0.3) is 0 Å². The highest BCUT2D eigenvalue weighted by Crippen LogP contribution is 2.16. The van der Waals surface area contributed by atoms with E-state index in [1.807, 2.05) is 5.38 Å². The molecule has 110 valence electrons. The number of thiazole rings is 1. The van der Waals surface area contributed by atoms with Crippen LogP contribution in [0.2, 0.25) is 0 Å². The molecule has 0 atom stereocenters. The van der Waals surface area contributed by atoms with Crippen molar-refractivity contribution in [3.8, 4) is 0 Å². The van der Waals surface area contributed by atoms with Crippen LogP contribution in [-0.2, 0) is 6.42 Å². The Balaban J connectivity index is 1.90. The van der Waals surface area contributed by atoms with Gasteiger partial charge >= 0.3 is 12.0 Å². The number of nitrogens with one attached hydrogen (secondary N) is 2. The lowest BCUT2D eigenvalue weighted by atomic mass is 10.1. The molecule has 0 saturated carbocycles. The van der Waals surface area contributed by atoms with Crippen LogP contribution in [0.1, 0.15) is 21.6 Å². The monoisotopic (exact) mass is 305 g/mol. The Labute approximate surface area is 125 Å². The molecule has 0 unspecified atom stereocenters. The third-order valence-electron chi connectivity index (χ3n) is 2.88. The summed E-state index contributed by atoms with van der Waals surface area (Å²) in [6, 6.07) is 4.24. The van der Waals surface area contributed by atoms with Crippen LogP contribution in [0.5, 0.6) is 0 Å². The Morgan fingerprint density at radius 1 is 1.38 bits per heavy atom. The molecule has 0 saturated heterocycles. The Morgan fingerprint density at radius 2 is 2.19 bits per heavy atom. The van der Waals surface area contributed by atoms with Crippen LogP contribution in [-0.4, -0.2) is 28.6 Å². The van der Waals surface area contributed by atoms with Crippen LogP contribution in [0.15, 0.2) is 29.1 Å². The molecule has 0 fully saturated rings. The molecule has 0 aliphatic rings. The van der Waals surface area contributed by atoms with Gasteiger partial charge in [-0.2, -0.15) is 0 Å². The molecular formula is C14H15N3O3S. The standard InChI is InChI=1S/C14H15N3O3S/c1-9-2-3-10(13(18)19)6-12(9)17-14(20)15-5-4-11-7-21-8-16-11/h2-3,6-8H,4-5H2,1H3,(H,18,19)(H2,15,17,20). The number of hydrogen-bond donors (Lipinski definition) is 3. The van der Waals surface area contributed by atoms with E-state index in [0.29, 0.717) is 18.7 Å². The van der Waals surface area contributed by atoms with E-state index in [2.05, 4.69) is 15.6 Å². The van der Waals surface area contributed by atoms with Gasteiger partial charge in [0.1, 0.15) is 0 Å². The molecule has 0 bridgehead atoms. The van der Waals surface area contributed by atoms with E-state index >= 15 is 0 Å². The van der Waals surface area contributed by atoms with Crippen molar-refractivity contribution in [1.29, 1.82) is 0 Å². The van der Waals surface area contributed by atoms with E-state index in [-0.39, 0.29) is 11.6 Å². The number of carbonyl (C=O) groups is 2. The number of aromatic nitrogens is 1. The lowest BCUT2D eigenvalue weighted by Crippen LogP contribution is -2.30. The number of amides is 2. The smallest absolute Gasteiger partial charge is 0.335 e. The Hall–Kier alpha value is -2.41. The van der Waals surface area contributed by atoms with E-state index in [0.717, 1.165) is 11.3 Å². The first-order chi connectivity index (χ1) is 10.1. The number of aryl methyl sites for hydroxylation is 1. The van der Waals surface area contributed by atoms with Gasteiger partial charge in [-0.15, -0.1) is 11.3 Å². The Bertz CT molecular complexity index is 641. The second-order valence-corrected chi connectivity index (χ2v) is 5.16. The number of rotatable bonds is 5. The molecule has 6 nitrogen and oxygen atoms in total. The maximum absolute atomic E-state index is 11.8. The number of carbonyl (C=O) groups excluding carboxylic acids is 1. The summed E-state index contributed by atoms with van der Waals surface area (Å²) in [5, 5.41) is 16.2. The van der Waals surface area contributed by atoms with Crippen LogP contribution < -0.4 is 10.6 Å². The van der Waals surface area contributed by atoms with Crippen LogP contribution in [0.4, 0.5) is 10.5 Å². The van der Waals surface area contributed by atoms with Crippen LogP contribution >= 0.6 is 11.3 Å². The molecule has 0 aliphatic carbocycles. The summed E-state index contributed by atoms with van der Waals surface area (Å²) in [7, 11) is 0. The minimum Gasteiger partial charge on any atom is -0.478 e. The second-order valence-electron chi connectivity index (χ2n) is 4.45. The lowest BCUT2D eigenvalue weighted by molar-refractivity contribution is 0.0697. The van der Waals surface area contributed by atoms with Gasteiger partial charge in [-0.3, -0.25) is 0 Å². The summed E-state index contributed by atoms with van der Waals surface area (Å²) in [4.78, 5) is 26.8. The Kier molecular flexibility index (Phi) is 4.89. The lowest BCUT2D eigenvalue weighted by Gasteiger charge is -2.10. The van der Waals surface area contributed by atoms with E-state index in [1.54, 1.807) is 18.5 Å². The van der Waals surface area contributed by atoms with Crippen molar-refractivity contribution in [3.05, 3.63) is 45.9 Å². The fraction of sp³-hybridized carbons (Fsp3) is 0.214. The number of urea groups is 1. The van der Waals surface area contributed by atoms with Gasteiger partial charge in [-0.05, 0) is 24.6 Å². The second kappa shape index (κ2) is 6.85. The highest BCUT2D eigenvalue weighted by atomic mass is 32.1. The van der Waals surface area contributed by atoms with Crippen LogP contribution in [0, 0.1) is 6.92 Å². The molecule has 7 heteroatoms. The quantitative estimate of drug-likeness (QED) is 0.791. The maximum atomic E-state index is 11.8. The number of benzene rings is 1. The number of aromatic carboxylic acids is 1. The van der Waals surface area contributed by atoms with E-state index in [4.69, 9.17) is 5.11 Å². The minimum atomic E-state index is -1.03. The van der Waals surface area contributed by atoms with Gasteiger partial charge in [0.25, 0.3) is 0 Å². The minimum absolute atomic E-state index is 0.137. The number of nitrogens with zero attached hydrogens (tertiary/aromatic N) is 1. The number of carboxylic acid groups (broad SMARTS) is 1. The molecule has 0 radical (unpaired) electrons. The van der Waals surface area contributed by atoms with Crippen molar-refractivity contribution < 1.29 is 14.7 Å². The molecule has 1 heterocycles. The van der Waals surface area contributed by atoms with Gasteiger partial charge in [0.15, 0.2) is 0 Å². The average molecular weight is 305 g/mol. The van der Waals surface area contributed by atoms with Gasteiger partial charge in [0, 0.05) is 24.0 Å². The van der Waals surface area contributed by atoms with Gasteiger partial charge in [0.05, 0.1) is 16.8 Å². The fourth-order valence-electron chi connectivity index (χ4n) is 1.72.